The number of halogens is 26. The summed E-state index contributed by atoms with van der Waals surface area (Å²) in [7, 11) is -9.75. The van der Waals surface area contributed by atoms with Gasteiger partial charge in [-0.2, -0.15) is 83.4 Å². The summed E-state index contributed by atoms with van der Waals surface area (Å²) in [6, 6.07) is -3.18. The summed E-state index contributed by atoms with van der Waals surface area (Å²) >= 11 is 0. The molecular formula is C64H78F26O6Si2. The molecule has 5 N–H and O–H groups in total. The van der Waals surface area contributed by atoms with Crippen LogP contribution in [0.2, 0.25) is 40.3 Å². The summed E-state index contributed by atoms with van der Waals surface area (Å²) in [6.45, 7) is 6.21. The molecule has 0 amide bonds. The van der Waals surface area contributed by atoms with Crippen molar-refractivity contribution in [1.82, 2.24) is 0 Å². The van der Waals surface area contributed by atoms with E-state index in [1.807, 2.05) is 0 Å². The molecule has 0 aromatic heterocycles. The zero-order valence-electron chi connectivity index (χ0n) is 54.0. The highest BCUT2D eigenvalue weighted by Crippen LogP contribution is 2.63. The molecular weight excluding hydrogens is 1410 g/mol. The van der Waals surface area contributed by atoms with E-state index in [2.05, 4.69) is 0 Å². The largest absolute Gasteiger partial charge is 0.503 e. The lowest BCUT2D eigenvalue weighted by Crippen LogP contribution is -2.60. The van der Waals surface area contributed by atoms with Crippen molar-refractivity contribution in [3.05, 3.63) is 104 Å². The highest BCUT2D eigenvalue weighted by atomic mass is 28.3. The molecule has 1 heterocycles. The van der Waals surface area contributed by atoms with Crippen LogP contribution in [-0.4, -0.2) is 96.7 Å². The van der Waals surface area contributed by atoms with Crippen LogP contribution < -0.4 is 0 Å². The molecule has 6 nitrogen and oxygen atoms in total. The molecule has 3 aromatic carbocycles. The summed E-state index contributed by atoms with van der Waals surface area (Å²) in [5, 5.41) is 47.3. The fourth-order valence-corrected chi connectivity index (χ4v) is 28.9. The Balaban J connectivity index is 1.80. The number of phenolic OH excluding ortho intramolecular Hbond substituents is 2. The monoisotopic (exact) mass is 1490 g/mol. The third kappa shape index (κ3) is 15.7. The molecule has 1 aliphatic heterocycles. The Morgan fingerprint density at radius 3 is 1.36 bits per heavy atom. The molecule has 2 aliphatic rings. The number of allylic oxidation sites excluding steroid dienone is 1. The Labute approximate surface area is 550 Å². The van der Waals surface area contributed by atoms with Gasteiger partial charge in [-0.1, -0.05) is 123 Å². The first-order chi connectivity index (χ1) is 44.8. The SMILES string of the molecule is CCC(CC)(CCCc1c(F)c(F)c(O)c(F)c1F)[Si](CCCc1cc(C(C)(O)C(F)(F)F)cc(C(O)(C(F)(F)F)C(F)(F)F)c1)(CCCC1C(F)=C(F)C(O)C(F)C1C)CCCC(CC)(CC)[Si](CCCc1c(F)c(F)c(O)c(F)c1F)(CCCC1(C(F)(F)F)CCO1)C(F)(F)F. The summed E-state index contributed by atoms with van der Waals surface area (Å²) in [5.41, 5.74) is -20.6. The minimum atomic E-state index is -6.73. The van der Waals surface area contributed by atoms with Crippen LogP contribution in [0.5, 0.6) is 11.5 Å². The van der Waals surface area contributed by atoms with Gasteiger partial charge in [-0.3, -0.25) is 0 Å². The van der Waals surface area contributed by atoms with E-state index in [4.69, 9.17) is 4.74 Å². The first-order valence-electron chi connectivity index (χ1n) is 31.9. The predicted octanol–water partition coefficient (Wildman–Crippen LogP) is 21.2. The summed E-state index contributed by atoms with van der Waals surface area (Å²) in [5.74, 6) is -33.8. The molecule has 1 aliphatic carbocycles. The molecule has 3 aromatic rings. The van der Waals surface area contributed by atoms with Crippen molar-refractivity contribution in [2.24, 2.45) is 11.8 Å². The smallest absolute Gasteiger partial charge is 0.430 e. The number of aromatic hydroxyl groups is 2. The van der Waals surface area contributed by atoms with Gasteiger partial charge in [0.2, 0.25) is 23.3 Å². The lowest BCUT2D eigenvalue weighted by Gasteiger charge is -2.53. The van der Waals surface area contributed by atoms with Gasteiger partial charge in [-0.15, -0.1) is 0 Å². The lowest BCUT2D eigenvalue weighted by atomic mass is 9.79. The van der Waals surface area contributed by atoms with E-state index < -0.39 is 310 Å². The topological polar surface area (TPSA) is 110 Å². The first-order valence-corrected chi connectivity index (χ1v) is 36.9. The van der Waals surface area contributed by atoms with Crippen LogP contribution in [0.15, 0.2) is 29.9 Å². The highest BCUT2D eigenvalue weighted by Gasteiger charge is 2.72. The summed E-state index contributed by atoms with van der Waals surface area (Å²) < 4.78 is 397. The van der Waals surface area contributed by atoms with Gasteiger partial charge < -0.3 is 30.3 Å². The Bertz CT molecular complexity index is 3190. The van der Waals surface area contributed by atoms with Gasteiger partial charge >= 0.3 is 30.5 Å². The molecule has 0 saturated carbocycles. The molecule has 8 atom stereocenters. The number of hydrogen-bond donors (Lipinski definition) is 5. The Hall–Kier alpha value is -4.55. The van der Waals surface area contributed by atoms with Gasteiger partial charge in [-0.25, -0.2) is 30.7 Å². The number of aliphatic hydroxyl groups excluding tert-OH is 1. The number of aliphatic hydroxyl groups is 3. The van der Waals surface area contributed by atoms with Crippen molar-refractivity contribution >= 4 is 16.1 Å². The van der Waals surface area contributed by atoms with Crippen LogP contribution in [0.25, 0.3) is 0 Å². The van der Waals surface area contributed by atoms with Crippen molar-refractivity contribution < 1.29 is 144 Å². The van der Waals surface area contributed by atoms with E-state index in [1.54, 1.807) is 0 Å². The Kier molecular flexibility index (Phi) is 26.4. The maximum atomic E-state index is 16.9. The van der Waals surface area contributed by atoms with Crippen molar-refractivity contribution in [3.63, 3.8) is 0 Å². The molecule has 0 spiro atoms. The second-order valence-electron chi connectivity index (χ2n) is 26.5. The number of hydrogen-bond acceptors (Lipinski definition) is 6. The van der Waals surface area contributed by atoms with Crippen molar-refractivity contribution in [1.29, 1.82) is 0 Å². The molecule has 1 fully saturated rings. The fourth-order valence-electron chi connectivity index (χ4n) is 15.7. The van der Waals surface area contributed by atoms with E-state index in [-0.39, 0.29) is 56.8 Å². The molecule has 98 heavy (non-hydrogen) atoms. The van der Waals surface area contributed by atoms with Gasteiger partial charge in [0.1, 0.15) is 18.1 Å². The number of alkyl halides is 16. The van der Waals surface area contributed by atoms with Crippen LogP contribution in [0.4, 0.5) is 114 Å². The van der Waals surface area contributed by atoms with E-state index in [9.17, 15) is 95.8 Å². The molecule has 8 unspecified atom stereocenters. The van der Waals surface area contributed by atoms with Crippen molar-refractivity contribution in [3.8, 4) is 11.5 Å². The standard InChI is InChI=1S/C64H78F26O6Si2/c1-7-56(8-2,21-11-18-39-43(67)48(72)53(92)49(73)44(39)68)97(27-13-19-38-34(5)41(65)52(91)47(71)42(38)66,26-12-17-35-31-36(55(6,94)60(76,77)78)33-37(32-35)59(95,62(82,83)84)63(85,86)87)28-15-22-57(9-3,10-4)98(64(88,89)90,30-16-23-58(24-25-96-58)61(79,80)81)29-14-20-40-45(69)50(74)54(93)51(75)46(40)70/h31-34,38,41,52,91-95H,7-30H2,1-6H3. The minimum Gasteiger partial charge on any atom is -0.503 e. The Morgan fingerprint density at radius 1 is 0.520 bits per heavy atom. The Morgan fingerprint density at radius 2 is 0.939 bits per heavy atom. The van der Waals surface area contributed by atoms with Crippen molar-refractivity contribution in [2.75, 3.05) is 6.61 Å². The van der Waals surface area contributed by atoms with Crippen LogP contribution in [0.1, 0.15) is 166 Å². The zero-order chi connectivity index (χ0) is 74.9. The van der Waals surface area contributed by atoms with Crippen LogP contribution in [0.3, 0.4) is 0 Å². The molecule has 1 saturated heterocycles. The molecule has 0 radical (unpaired) electrons. The van der Waals surface area contributed by atoms with Gasteiger partial charge in [0.25, 0.3) is 5.60 Å². The number of phenols is 2. The van der Waals surface area contributed by atoms with E-state index in [0.29, 0.717) is 6.07 Å². The number of benzene rings is 3. The minimum absolute atomic E-state index is 0.0329. The molecule has 5 rings (SSSR count). The predicted molar refractivity (Wildman–Crippen MR) is 312 cm³/mol. The fraction of sp³-hybridized carbons (Fsp3) is 0.688. The zero-order valence-corrected chi connectivity index (χ0v) is 56.0. The normalized spacial score (nSPS) is 21.5. The van der Waals surface area contributed by atoms with Crippen LogP contribution >= 0.6 is 0 Å². The molecule has 560 valence electrons. The van der Waals surface area contributed by atoms with Crippen molar-refractivity contribution in [2.45, 2.75) is 257 Å². The van der Waals surface area contributed by atoms with E-state index >= 15 is 43.9 Å². The third-order valence-corrected chi connectivity index (χ3v) is 35.6. The second kappa shape index (κ2) is 30.8. The number of aryl methyl sites for hydroxylation is 1. The van der Waals surface area contributed by atoms with Gasteiger partial charge in [-0.05, 0) is 104 Å². The van der Waals surface area contributed by atoms with Crippen LogP contribution in [-0.2, 0) is 35.2 Å². The second-order valence-corrected chi connectivity index (χ2v) is 36.4. The molecule has 0 bridgehead atoms. The number of rotatable bonds is 32. The first kappa shape index (κ1) is 84.1. The third-order valence-electron chi connectivity index (χ3n) is 21.9. The summed E-state index contributed by atoms with van der Waals surface area (Å²) in [6.07, 6.45) is -40.6. The average Bonchev–Trinajstić information content (AvgIpc) is 0.737. The quantitative estimate of drug-likeness (QED) is 0.0242. The van der Waals surface area contributed by atoms with E-state index in [1.165, 1.54) is 27.7 Å². The van der Waals surface area contributed by atoms with E-state index in [0.717, 1.165) is 6.92 Å². The lowest BCUT2D eigenvalue weighted by molar-refractivity contribution is -0.376. The molecule has 34 heteroatoms. The van der Waals surface area contributed by atoms with Gasteiger partial charge in [0.05, 0.1) is 14.7 Å². The summed E-state index contributed by atoms with van der Waals surface area (Å²) in [4.78, 5) is 0. The van der Waals surface area contributed by atoms with Gasteiger partial charge in [0.15, 0.2) is 59.9 Å². The number of ether oxygens (including phenoxy) is 1. The average molecular weight is 1490 g/mol. The van der Waals surface area contributed by atoms with Crippen LogP contribution in [0, 0.1) is 58.4 Å². The highest BCUT2D eigenvalue weighted by molar-refractivity contribution is 6.84. The maximum Gasteiger partial charge on any atom is 0.430 e. The maximum absolute atomic E-state index is 16.9. The van der Waals surface area contributed by atoms with Gasteiger partial charge in [0, 0.05) is 29.0 Å².